The summed E-state index contributed by atoms with van der Waals surface area (Å²) in [7, 11) is 1.81. The Kier molecular flexibility index (Phi) is 3.95. The van der Waals surface area contributed by atoms with Crippen molar-refractivity contribution in [2.75, 3.05) is 26.7 Å². The first kappa shape index (κ1) is 14.7. The molecule has 0 radical (unpaired) electrons. The van der Waals surface area contributed by atoms with Crippen LogP contribution >= 0.6 is 0 Å². The van der Waals surface area contributed by atoms with E-state index < -0.39 is 5.54 Å². The maximum absolute atomic E-state index is 12.4. The predicted octanol–water partition coefficient (Wildman–Crippen LogP) is 1.73. The summed E-state index contributed by atoms with van der Waals surface area (Å²) >= 11 is 0. The van der Waals surface area contributed by atoms with Crippen LogP contribution < -0.4 is 0 Å². The maximum Gasteiger partial charge on any atom is 0.242 e. The number of aryl methyl sites for hydroxylation is 1. The maximum atomic E-state index is 12.4. The van der Waals surface area contributed by atoms with Gasteiger partial charge in [-0.15, -0.1) is 0 Å². The average Bonchev–Trinajstić information content (AvgIpc) is 2.40. The molecule has 4 nitrogen and oxygen atoms in total. The highest BCUT2D eigenvalue weighted by atomic mass is 16.2. The SMILES string of the molecule is Cc1ccccc1C(=O)CN1CCN(C)C(=O)C1(C)C. The van der Waals surface area contributed by atoms with Crippen LogP contribution in [-0.2, 0) is 4.79 Å². The summed E-state index contributed by atoms with van der Waals surface area (Å²) in [5, 5.41) is 0. The van der Waals surface area contributed by atoms with Gasteiger partial charge in [0.2, 0.25) is 5.91 Å². The molecular formula is C16H22N2O2. The first-order valence-corrected chi connectivity index (χ1v) is 6.93. The van der Waals surface area contributed by atoms with Gasteiger partial charge in [-0.3, -0.25) is 14.5 Å². The van der Waals surface area contributed by atoms with Crippen molar-refractivity contribution >= 4 is 11.7 Å². The summed E-state index contributed by atoms with van der Waals surface area (Å²) in [5.41, 5.74) is 1.11. The zero-order valence-corrected chi connectivity index (χ0v) is 12.6. The van der Waals surface area contributed by atoms with Gasteiger partial charge < -0.3 is 4.90 Å². The second-order valence-corrected chi connectivity index (χ2v) is 5.95. The third-order valence-electron chi connectivity index (χ3n) is 4.15. The van der Waals surface area contributed by atoms with Crippen LogP contribution in [0.2, 0.25) is 0 Å². The van der Waals surface area contributed by atoms with E-state index >= 15 is 0 Å². The Hall–Kier alpha value is -1.68. The van der Waals surface area contributed by atoms with Crippen LogP contribution in [0.3, 0.4) is 0 Å². The molecule has 1 saturated heterocycles. The average molecular weight is 274 g/mol. The van der Waals surface area contributed by atoms with Gasteiger partial charge in [0.05, 0.1) is 12.1 Å². The lowest BCUT2D eigenvalue weighted by Gasteiger charge is -2.44. The molecule has 108 valence electrons. The molecule has 0 aromatic heterocycles. The smallest absolute Gasteiger partial charge is 0.242 e. The molecule has 0 atom stereocenters. The third-order valence-corrected chi connectivity index (χ3v) is 4.15. The van der Waals surface area contributed by atoms with E-state index in [9.17, 15) is 9.59 Å². The fraction of sp³-hybridized carbons (Fsp3) is 0.500. The molecule has 0 spiro atoms. The highest BCUT2D eigenvalue weighted by Gasteiger charge is 2.41. The predicted molar refractivity (Wildman–Crippen MR) is 78.8 cm³/mol. The lowest BCUT2D eigenvalue weighted by Crippen LogP contribution is -2.62. The Morgan fingerprint density at radius 3 is 2.55 bits per heavy atom. The molecular weight excluding hydrogens is 252 g/mol. The van der Waals surface area contributed by atoms with Crippen molar-refractivity contribution in [3.05, 3.63) is 35.4 Å². The van der Waals surface area contributed by atoms with Gasteiger partial charge in [0, 0.05) is 25.7 Å². The van der Waals surface area contributed by atoms with Crippen molar-refractivity contribution in [3.63, 3.8) is 0 Å². The van der Waals surface area contributed by atoms with Gasteiger partial charge >= 0.3 is 0 Å². The number of carbonyl (C=O) groups excluding carboxylic acids is 2. The summed E-state index contributed by atoms with van der Waals surface area (Å²) < 4.78 is 0. The standard InChI is InChI=1S/C16H22N2O2/c1-12-7-5-6-8-13(12)14(19)11-18-10-9-17(4)15(20)16(18,2)3/h5-8H,9-11H2,1-4H3. The quantitative estimate of drug-likeness (QED) is 0.788. The number of benzene rings is 1. The van der Waals surface area contributed by atoms with Gasteiger partial charge in [-0.1, -0.05) is 24.3 Å². The number of hydrogen-bond donors (Lipinski definition) is 0. The molecule has 1 amide bonds. The molecule has 0 N–H and O–H groups in total. The van der Waals surface area contributed by atoms with Gasteiger partial charge in [-0.2, -0.15) is 0 Å². The number of likely N-dealkylation sites (N-methyl/N-ethyl adjacent to an activating group) is 1. The van der Waals surface area contributed by atoms with Crippen molar-refractivity contribution in [2.45, 2.75) is 26.3 Å². The lowest BCUT2D eigenvalue weighted by molar-refractivity contribution is -0.146. The zero-order valence-electron chi connectivity index (χ0n) is 12.6. The molecule has 1 aliphatic rings. The summed E-state index contributed by atoms with van der Waals surface area (Å²) in [5.74, 6) is 0.148. The Morgan fingerprint density at radius 2 is 1.90 bits per heavy atom. The van der Waals surface area contributed by atoms with E-state index in [0.29, 0.717) is 6.54 Å². The first-order chi connectivity index (χ1) is 9.34. The molecule has 2 rings (SSSR count). The minimum Gasteiger partial charge on any atom is -0.343 e. The van der Waals surface area contributed by atoms with Gasteiger partial charge in [0.15, 0.2) is 5.78 Å². The molecule has 20 heavy (non-hydrogen) atoms. The molecule has 1 fully saturated rings. The van der Waals surface area contributed by atoms with Crippen molar-refractivity contribution < 1.29 is 9.59 Å². The number of nitrogens with zero attached hydrogens (tertiary/aromatic N) is 2. The van der Waals surface area contributed by atoms with E-state index in [4.69, 9.17) is 0 Å². The first-order valence-electron chi connectivity index (χ1n) is 6.93. The van der Waals surface area contributed by atoms with Crippen LogP contribution in [0.5, 0.6) is 0 Å². The Labute approximate surface area is 120 Å². The summed E-state index contributed by atoms with van der Waals surface area (Å²) in [4.78, 5) is 28.4. The highest BCUT2D eigenvalue weighted by Crippen LogP contribution is 2.22. The van der Waals surface area contributed by atoms with Gasteiger partial charge in [0.1, 0.15) is 0 Å². The number of rotatable bonds is 3. The Bertz CT molecular complexity index is 537. The molecule has 1 aromatic carbocycles. The number of amides is 1. The van der Waals surface area contributed by atoms with Crippen LogP contribution in [0.4, 0.5) is 0 Å². The third kappa shape index (κ3) is 2.61. The van der Waals surface area contributed by atoms with Gasteiger partial charge in [-0.25, -0.2) is 0 Å². The molecule has 1 aromatic rings. The molecule has 1 aliphatic heterocycles. The van der Waals surface area contributed by atoms with Crippen molar-refractivity contribution in [1.82, 2.24) is 9.80 Å². The topological polar surface area (TPSA) is 40.6 Å². The lowest BCUT2D eigenvalue weighted by atomic mass is 9.96. The molecule has 4 heteroatoms. The highest BCUT2D eigenvalue weighted by molar-refractivity contribution is 5.99. The number of carbonyl (C=O) groups is 2. The second kappa shape index (κ2) is 5.37. The van der Waals surface area contributed by atoms with Crippen LogP contribution in [0.15, 0.2) is 24.3 Å². The second-order valence-electron chi connectivity index (χ2n) is 5.95. The van der Waals surface area contributed by atoms with Crippen LogP contribution in [-0.4, -0.2) is 53.7 Å². The van der Waals surface area contributed by atoms with Gasteiger partial charge in [0.25, 0.3) is 0 Å². The minimum atomic E-state index is -0.620. The van der Waals surface area contributed by atoms with Gasteiger partial charge in [-0.05, 0) is 26.3 Å². The van der Waals surface area contributed by atoms with E-state index in [1.165, 1.54) is 0 Å². The zero-order chi connectivity index (χ0) is 14.9. The van der Waals surface area contributed by atoms with E-state index in [1.807, 2.05) is 57.0 Å². The number of ketones is 1. The molecule has 0 bridgehead atoms. The number of hydrogen-bond acceptors (Lipinski definition) is 3. The number of piperazine rings is 1. The Morgan fingerprint density at radius 1 is 1.25 bits per heavy atom. The van der Waals surface area contributed by atoms with Crippen LogP contribution in [0, 0.1) is 6.92 Å². The normalized spacial score (nSPS) is 19.2. The largest absolute Gasteiger partial charge is 0.343 e. The fourth-order valence-electron chi connectivity index (χ4n) is 2.68. The monoisotopic (exact) mass is 274 g/mol. The molecule has 0 unspecified atom stereocenters. The molecule has 0 saturated carbocycles. The fourth-order valence-corrected chi connectivity index (χ4v) is 2.68. The van der Waals surface area contributed by atoms with Crippen molar-refractivity contribution in [2.24, 2.45) is 0 Å². The number of Topliss-reactive ketones (excluding diaryl/α,β-unsaturated/α-hetero) is 1. The van der Waals surface area contributed by atoms with Crippen molar-refractivity contribution in [3.8, 4) is 0 Å². The van der Waals surface area contributed by atoms with E-state index in [-0.39, 0.29) is 18.2 Å². The van der Waals surface area contributed by atoms with Crippen LogP contribution in [0.1, 0.15) is 29.8 Å². The minimum absolute atomic E-state index is 0.0707. The van der Waals surface area contributed by atoms with E-state index in [1.54, 1.807) is 4.90 Å². The van der Waals surface area contributed by atoms with Crippen molar-refractivity contribution in [1.29, 1.82) is 0 Å². The Balaban J connectivity index is 2.16. The molecule has 0 aliphatic carbocycles. The molecule has 1 heterocycles. The van der Waals surface area contributed by atoms with E-state index in [2.05, 4.69) is 0 Å². The summed E-state index contributed by atoms with van der Waals surface area (Å²) in [6.07, 6.45) is 0. The van der Waals surface area contributed by atoms with Crippen LogP contribution in [0.25, 0.3) is 0 Å². The summed E-state index contributed by atoms with van der Waals surface area (Å²) in [6, 6.07) is 7.59. The van der Waals surface area contributed by atoms with E-state index in [0.717, 1.165) is 17.7 Å². The summed E-state index contributed by atoms with van der Waals surface area (Å²) in [6.45, 7) is 7.40.